The van der Waals surface area contributed by atoms with Crippen molar-refractivity contribution in [3.8, 4) is 5.75 Å². The fraction of sp³-hybridized carbons (Fsp3) is 0.522. The zero-order valence-corrected chi connectivity index (χ0v) is 18.7. The molecule has 28 heavy (non-hydrogen) atoms. The molecule has 1 atom stereocenters. The van der Waals surface area contributed by atoms with Gasteiger partial charge in [0.2, 0.25) is 0 Å². The third kappa shape index (κ3) is 5.95. The maximum Gasteiger partial charge on any atom is 0.169 e. The van der Waals surface area contributed by atoms with Crippen LogP contribution in [0.15, 0.2) is 41.8 Å². The molecule has 1 unspecified atom stereocenters. The number of nitrogens with zero attached hydrogens (tertiary/aromatic N) is 1. The van der Waals surface area contributed by atoms with Crippen LogP contribution in [-0.2, 0) is 6.54 Å². The van der Waals surface area contributed by atoms with E-state index in [1.165, 1.54) is 55.4 Å². The van der Waals surface area contributed by atoms with Gasteiger partial charge in [-0.15, -0.1) is 11.3 Å². The van der Waals surface area contributed by atoms with Crippen molar-refractivity contribution in [1.82, 2.24) is 10.2 Å². The van der Waals surface area contributed by atoms with Gasteiger partial charge in [0, 0.05) is 10.9 Å². The smallest absolute Gasteiger partial charge is 0.169 e. The van der Waals surface area contributed by atoms with Crippen molar-refractivity contribution in [3.05, 3.63) is 52.2 Å². The molecule has 1 N–H and O–H groups in total. The number of benzene rings is 1. The lowest BCUT2D eigenvalue weighted by molar-refractivity contribution is 0.315. The molecule has 1 fully saturated rings. The van der Waals surface area contributed by atoms with Gasteiger partial charge in [-0.05, 0) is 61.1 Å². The summed E-state index contributed by atoms with van der Waals surface area (Å²) in [5.74, 6) is 0.885. The second-order valence-corrected chi connectivity index (χ2v) is 9.07. The van der Waals surface area contributed by atoms with Gasteiger partial charge < -0.3 is 15.0 Å². The normalized spacial score (nSPS) is 16.6. The molecule has 5 heteroatoms. The van der Waals surface area contributed by atoms with Gasteiger partial charge in [-0.3, -0.25) is 0 Å². The second kappa shape index (κ2) is 10.8. The molecule has 1 aliphatic carbocycles. The van der Waals surface area contributed by atoms with Crippen LogP contribution in [0.5, 0.6) is 5.75 Å². The van der Waals surface area contributed by atoms with Gasteiger partial charge in [0.15, 0.2) is 5.11 Å². The van der Waals surface area contributed by atoms with Gasteiger partial charge in [-0.25, -0.2) is 0 Å². The first-order valence-electron chi connectivity index (χ1n) is 10.4. The molecule has 3 nitrogen and oxygen atoms in total. The lowest BCUT2D eigenvalue weighted by Gasteiger charge is -2.34. The minimum absolute atomic E-state index is 0.196. The monoisotopic (exact) mass is 416 g/mol. The molecule has 0 spiro atoms. The van der Waals surface area contributed by atoms with Crippen LogP contribution >= 0.6 is 23.6 Å². The molecule has 1 saturated carbocycles. The first-order chi connectivity index (χ1) is 13.7. The molecule has 0 bridgehead atoms. The fourth-order valence-corrected chi connectivity index (χ4v) is 4.97. The molecule has 2 aromatic rings. The predicted molar refractivity (Wildman–Crippen MR) is 123 cm³/mol. The molecule has 0 aliphatic heterocycles. The minimum atomic E-state index is 0.196. The van der Waals surface area contributed by atoms with Gasteiger partial charge >= 0.3 is 0 Å². The van der Waals surface area contributed by atoms with Crippen molar-refractivity contribution in [2.45, 2.75) is 70.5 Å². The Morgan fingerprint density at radius 3 is 2.43 bits per heavy atom. The van der Waals surface area contributed by atoms with Crippen LogP contribution in [0, 0.1) is 0 Å². The van der Waals surface area contributed by atoms with E-state index in [9.17, 15) is 0 Å². The Balaban J connectivity index is 1.73. The summed E-state index contributed by atoms with van der Waals surface area (Å²) in [5.41, 5.74) is 1.25. The van der Waals surface area contributed by atoms with E-state index >= 15 is 0 Å². The zero-order valence-electron chi connectivity index (χ0n) is 17.0. The maximum atomic E-state index is 5.93. The summed E-state index contributed by atoms with van der Waals surface area (Å²) in [6.45, 7) is 3.07. The van der Waals surface area contributed by atoms with E-state index in [-0.39, 0.29) is 6.04 Å². The van der Waals surface area contributed by atoms with E-state index in [2.05, 4.69) is 46.8 Å². The highest BCUT2D eigenvalue weighted by molar-refractivity contribution is 7.80. The van der Waals surface area contributed by atoms with Crippen LogP contribution in [0.4, 0.5) is 0 Å². The number of hydrogen-bond acceptors (Lipinski definition) is 3. The Morgan fingerprint density at radius 1 is 1.14 bits per heavy atom. The molecule has 1 aromatic carbocycles. The molecule has 1 heterocycles. The van der Waals surface area contributed by atoms with Crippen LogP contribution in [0.25, 0.3) is 0 Å². The lowest BCUT2D eigenvalue weighted by Crippen LogP contribution is -2.45. The summed E-state index contributed by atoms with van der Waals surface area (Å²) < 4.78 is 5.31. The number of nitrogens with one attached hydrogen (secondary N) is 1. The molecule has 0 saturated heterocycles. The second-order valence-electron chi connectivity index (χ2n) is 7.65. The highest BCUT2D eigenvalue weighted by Crippen LogP contribution is 2.26. The molecule has 1 aliphatic rings. The largest absolute Gasteiger partial charge is 0.497 e. The summed E-state index contributed by atoms with van der Waals surface area (Å²) in [5, 5.41) is 6.72. The van der Waals surface area contributed by atoms with Crippen LogP contribution in [0.1, 0.15) is 68.4 Å². The Bertz CT molecular complexity index is 707. The highest BCUT2D eigenvalue weighted by atomic mass is 32.1. The quantitative estimate of drug-likeness (QED) is 0.558. The van der Waals surface area contributed by atoms with Crippen molar-refractivity contribution >= 4 is 28.7 Å². The molecule has 152 valence electrons. The maximum absolute atomic E-state index is 5.93. The number of rotatable bonds is 6. The third-order valence-corrected chi connectivity index (χ3v) is 6.88. The molecule has 1 aromatic heterocycles. The molecule has 3 rings (SSSR count). The highest BCUT2D eigenvalue weighted by Gasteiger charge is 2.22. The van der Waals surface area contributed by atoms with Crippen molar-refractivity contribution < 1.29 is 4.74 Å². The summed E-state index contributed by atoms with van der Waals surface area (Å²) >= 11 is 7.72. The molecular formula is C23H32N2OS2. The molecule has 0 radical (unpaired) electrons. The van der Waals surface area contributed by atoms with E-state index in [4.69, 9.17) is 17.0 Å². The third-order valence-electron chi connectivity index (χ3n) is 5.67. The van der Waals surface area contributed by atoms with Crippen molar-refractivity contribution in [3.63, 3.8) is 0 Å². The molecular weight excluding hydrogens is 384 g/mol. The SMILES string of the molecule is COc1ccc(C(C)N(Cc2cccs2)C(=S)NC2CCCCCCC2)cc1. The first kappa shape index (κ1) is 21.1. The van der Waals surface area contributed by atoms with E-state index in [1.54, 1.807) is 18.4 Å². The van der Waals surface area contributed by atoms with Gasteiger partial charge in [0.05, 0.1) is 19.7 Å². The van der Waals surface area contributed by atoms with Crippen molar-refractivity contribution in [1.29, 1.82) is 0 Å². The van der Waals surface area contributed by atoms with Gasteiger partial charge in [-0.1, -0.05) is 50.3 Å². The van der Waals surface area contributed by atoms with Gasteiger partial charge in [0.25, 0.3) is 0 Å². The number of methoxy groups -OCH3 is 1. The van der Waals surface area contributed by atoms with E-state index < -0.39 is 0 Å². The number of hydrogen-bond donors (Lipinski definition) is 1. The van der Waals surface area contributed by atoms with Gasteiger partial charge in [0.1, 0.15) is 5.75 Å². The van der Waals surface area contributed by atoms with Crippen molar-refractivity contribution in [2.24, 2.45) is 0 Å². The zero-order chi connectivity index (χ0) is 19.8. The average molecular weight is 417 g/mol. The van der Waals surface area contributed by atoms with Crippen molar-refractivity contribution in [2.75, 3.05) is 7.11 Å². The lowest BCUT2D eigenvalue weighted by atomic mass is 9.97. The average Bonchev–Trinajstić information content (AvgIpc) is 3.21. The van der Waals surface area contributed by atoms with Crippen LogP contribution in [-0.4, -0.2) is 23.2 Å². The standard InChI is InChI=1S/C23H32N2OS2/c1-18(19-12-14-21(26-2)15-13-19)25(17-22-11-8-16-28-22)23(27)24-20-9-6-4-3-5-7-10-20/h8,11-16,18,20H,3-7,9-10,17H2,1-2H3,(H,24,27). The summed E-state index contributed by atoms with van der Waals surface area (Å²) in [6, 6.07) is 13.3. The predicted octanol–water partition coefficient (Wildman–Crippen LogP) is 6.31. The Kier molecular flexibility index (Phi) is 8.16. The number of ether oxygens (including phenoxy) is 1. The molecule has 0 amide bonds. The number of thiocarbonyl (C=S) groups is 1. The summed E-state index contributed by atoms with van der Waals surface area (Å²) in [4.78, 5) is 3.67. The van der Waals surface area contributed by atoms with E-state index in [0.717, 1.165) is 17.4 Å². The summed E-state index contributed by atoms with van der Waals surface area (Å²) in [7, 11) is 1.70. The van der Waals surface area contributed by atoms with Gasteiger partial charge in [-0.2, -0.15) is 0 Å². The minimum Gasteiger partial charge on any atom is -0.497 e. The fourth-order valence-electron chi connectivity index (χ4n) is 3.88. The van der Waals surface area contributed by atoms with Crippen LogP contribution in [0.3, 0.4) is 0 Å². The first-order valence-corrected chi connectivity index (χ1v) is 11.7. The van der Waals surface area contributed by atoms with E-state index in [1.807, 2.05) is 12.1 Å². The Hall–Kier alpha value is -1.59. The van der Waals surface area contributed by atoms with E-state index in [0.29, 0.717) is 6.04 Å². The van der Waals surface area contributed by atoms with Crippen LogP contribution in [0.2, 0.25) is 0 Å². The number of thiophene rings is 1. The Labute approximate surface area is 179 Å². The Morgan fingerprint density at radius 2 is 1.82 bits per heavy atom. The van der Waals surface area contributed by atoms with Crippen LogP contribution < -0.4 is 10.1 Å². The summed E-state index contributed by atoms with van der Waals surface area (Å²) in [6.07, 6.45) is 9.15. The topological polar surface area (TPSA) is 24.5 Å².